The average molecular weight is 345 g/mol. The van der Waals surface area contributed by atoms with Gasteiger partial charge in [-0.05, 0) is 49.8 Å². The number of carbonyl (C=O) groups excluding carboxylic acids is 1. The number of nitrogens with one attached hydrogen (secondary N) is 2. The Hall–Kier alpha value is -2.15. The molecule has 0 atom stereocenters. The van der Waals surface area contributed by atoms with E-state index in [0.29, 0.717) is 5.13 Å². The number of urea groups is 1. The number of piperidine rings is 1. The molecule has 0 bridgehead atoms. The summed E-state index contributed by atoms with van der Waals surface area (Å²) in [6.07, 6.45) is 2.35. The number of nitrogens with zero attached hydrogens (tertiary/aromatic N) is 3. The summed E-state index contributed by atoms with van der Waals surface area (Å²) in [6.45, 7) is 8.30. The van der Waals surface area contributed by atoms with E-state index >= 15 is 0 Å². The first-order valence-electron chi connectivity index (χ1n) is 8.25. The molecule has 2 heterocycles. The SMILES string of the molecule is Cc1cccc(NC(=O)Nc2nnc(N3CCC(C)CC3)s2)c1C. The molecule has 0 saturated carbocycles. The number of rotatable bonds is 3. The van der Waals surface area contributed by atoms with Crippen molar-refractivity contribution in [3.05, 3.63) is 29.3 Å². The Balaban J connectivity index is 1.60. The lowest BCUT2D eigenvalue weighted by Gasteiger charge is -2.29. The zero-order valence-electron chi connectivity index (χ0n) is 14.3. The first-order valence-corrected chi connectivity index (χ1v) is 9.07. The van der Waals surface area contributed by atoms with Crippen LogP contribution in [0.1, 0.15) is 30.9 Å². The van der Waals surface area contributed by atoms with Gasteiger partial charge in [-0.15, -0.1) is 10.2 Å². The lowest BCUT2D eigenvalue weighted by Crippen LogP contribution is -2.32. The molecule has 2 amide bonds. The third-order valence-electron chi connectivity index (χ3n) is 4.54. The Labute approximate surface area is 146 Å². The molecule has 0 spiro atoms. The summed E-state index contributed by atoms with van der Waals surface area (Å²) in [5, 5.41) is 15.3. The summed E-state index contributed by atoms with van der Waals surface area (Å²) in [4.78, 5) is 14.4. The van der Waals surface area contributed by atoms with E-state index in [9.17, 15) is 4.79 Å². The molecule has 2 N–H and O–H groups in total. The maximum atomic E-state index is 12.2. The van der Waals surface area contributed by atoms with Gasteiger partial charge in [0.25, 0.3) is 0 Å². The van der Waals surface area contributed by atoms with Crippen molar-refractivity contribution in [2.75, 3.05) is 28.6 Å². The number of aromatic nitrogens is 2. The molecule has 0 unspecified atom stereocenters. The van der Waals surface area contributed by atoms with E-state index < -0.39 is 0 Å². The van der Waals surface area contributed by atoms with E-state index in [4.69, 9.17) is 0 Å². The quantitative estimate of drug-likeness (QED) is 0.881. The molecule has 0 aliphatic carbocycles. The summed E-state index contributed by atoms with van der Waals surface area (Å²) in [6, 6.07) is 5.55. The highest BCUT2D eigenvalue weighted by Gasteiger charge is 2.19. The summed E-state index contributed by atoms with van der Waals surface area (Å²) < 4.78 is 0. The van der Waals surface area contributed by atoms with Gasteiger partial charge in [0.15, 0.2) is 0 Å². The van der Waals surface area contributed by atoms with Gasteiger partial charge in [-0.1, -0.05) is 30.4 Å². The van der Waals surface area contributed by atoms with Gasteiger partial charge in [0.1, 0.15) is 0 Å². The molecule has 2 aromatic rings. The molecular formula is C17H23N5OS. The van der Waals surface area contributed by atoms with Crippen molar-refractivity contribution in [3.63, 3.8) is 0 Å². The summed E-state index contributed by atoms with van der Waals surface area (Å²) in [5.74, 6) is 0.773. The Morgan fingerprint density at radius 1 is 1.21 bits per heavy atom. The number of carbonyl (C=O) groups is 1. The molecule has 1 aromatic heterocycles. The molecule has 24 heavy (non-hydrogen) atoms. The average Bonchev–Trinajstić information content (AvgIpc) is 3.01. The number of amides is 2. The zero-order valence-corrected chi connectivity index (χ0v) is 15.1. The minimum absolute atomic E-state index is 0.293. The van der Waals surface area contributed by atoms with Crippen molar-refractivity contribution in [2.45, 2.75) is 33.6 Å². The number of hydrogen-bond donors (Lipinski definition) is 2. The summed E-state index contributed by atoms with van der Waals surface area (Å²) >= 11 is 1.42. The lowest BCUT2D eigenvalue weighted by atomic mass is 10.00. The first-order chi connectivity index (χ1) is 11.5. The van der Waals surface area contributed by atoms with E-state index in [2.05, 4.69) is 32.7 Å². The highest BCUT2D eigenvalue weighted by atomic mass is 32.1. The fourth-order valence-corrected chi connectivity index (χ4v) is 3.52. The minimum atomic E-state index is -0.293. The molecule has 7 heteroatoms. The van der Waals surface area contributed by atoms with Gasteiger partial charge in [0.05, 0.1) is 0 Å². The van der Waals surface area contributed by atoms with E-state index in [1.165, 1.54) is 24.2 Å². The second-order valence-corrected chi connectivity index (χ2v) is 7.34. The van der Waals surface area contributed by atoms with Crippen molar-refractivity contribution < 1.29 is 4.79 Å². The standard InChI is InChI=1S/C17H23N5OS/c1-11-7-9-22(10-8-11)17-21-20-16(24-17)19-15(23)18-14-6-4-5-12(2)13(14)3/h4-6,11H,7-10H2,1-3H3,(H2,18,19,20,23). The fourth-order valence-electron chi connectivity index (χ4n) is 2.73. The second-order valence-electron chi connectivity index (χ2n) is 6.39. The van der Waals surface area contributed by atoms with Crippen LogP contribution in [0.5, 0.6) is 0 Å². The largest absolute Gasteiger partial charge is 0.347 e. The van der Waals surface area contributed by atoms with E-state index in [1.54, 1.807) is 0 Å². The van der Waals surface area contributed by atoms with Crippen LogP contribution >= 0.6 is 11.3 Å². The lowest BCUT2D eigenvalue weighted by molar-refractivity contribution is 0.262. The topological polar surface area (TPSA) is 70.1 Å². The zero-order chi connectivity index (χ0) is 17.1. The third kappa shape index (κ3) is 3.84. The molecule has 1 aliphatic rings. The van der Waals surface area contributed by atoms with Gasteiger partial charge in [-0.25, -0.2) is 4.79 Å². The number of hydrogen-bond acceptors (Lipinski definition) is 5. The van der Waals surface area contributed by atoms with Crippen LogP contribution in [0.15, 0.2) is 18.2 Å². The smallest absolute Gasteiger partial charge is 0.325 e. The van der Waals surface area contributed by atoms with Crippen LogP contribution in [0, 0.1) is 19.8 Å². The molecule has 3 rings (SSSR count). The van der Waals surface area contributed by atoms with Crippen molar-refractivity contribution in [1.29, 1.82) is 0 Å². The predicted octanol–water partition coefficient (Wildman–Crippen LogP) is 4.04. The molecule has 1 aliphatic heterocycles. The van der Waals surface area contributed by atoms with Gasteiger partial charge in [-0.2, -0.15) is 0 Å². The highest BCUT2D eigenvalue weighted by molar-refractivity contribution is 7.19. The van der Waals surface area contributed by atoms with Gasteiger partial charge < -0.3 is 10.2 Å². The maximum absolute atomic E-state index is 12.2. The van der Waals surface area contributed by atoms with Crippen LogP contribution in [-0.4, -0.2) is 29.3 Å². The van der Waals surface area contributed by atoms with Gasteiger partial charge >= 0.3 is 6.03 Å². The number of anilines is 3. The Bertz CT molecular complexity index is 722. The Morgan fingerprint density at radius 2 is 1.96 bits per heavy atom. The van der Waals surface area contributed by atoms with Crippen LogP contribution in [0.3, 0.4) is 0 Å². The van der Waals surface area contributed by atoms with Crippen LogP contribution < -0.4 is 15.5 Å². The molecule has 6 nitrogen and oxygen atoms in total. The third-order valence-corrected chi connectivity index (χ3v) is 5.44. The van der Waals surface area contributed by atoms with Crippen LogP contribution in [0.2, 0.25) is 0 Å². The van der Waals surface area contributed by atoms with Crippen LogP contribution in [0.25, 0.3) is 0 Å². The maximum Gasteiger partial charge on any atom is 0.325 e. The van der Waals surface area contributed by atoms with Gasteiger partial charge in [0.2, 0.25) is 10.3 Å². The summed E-state index contributed by atoms with van der Waals surface area (Å²) in [5.41, 5.74) is 3.01. The first kappa shape index (κ1) is 16.7. The van der Waals surface area contributed by atoms with Gasteiger partial charge in [0, 0.05) is 18.8 Å². The Kier molecular flexibility index (Phi) is 4.99. The number of benzene rings is 1. The molecular weight excluding hydrogens is 322 g/mol. The monoisotopic (exact) mass is 345 g/mol. The van der Waals surface area contributed by atoms with Crippen molar-refractivity contribution in [3.8, 4) is 0 Å². The van der Waals surface area contributed by atoms with Crippen molar-refractivity contribution in [2.24, 2.45) is 5.92 Å². The summed E-state index contributed by atoms with van der Waals surface area (Å²) in [7, 11) is 0. The molecule has 1 aromatic carbocycles. The van der Waals surface area contributed by atoms with Crippen LogP contribution in [0.4, 0.5) is 20.7 Å². The van der Waals surface area contributed by atoms with Crippen molar-refractivity contribution in [1.82, 2.24) is 10.2 Å². The number of aryl methyl sites for hydroxylation is 1. The highest BCUT2D eigenvalue weighted by Crippen LogP contribution is 2.28. The molecule has 128 valence electrons. The predicted molar refractivity (Wildman–Crippen MR) is 99.1 cm³/mol. The Morgan fingerprint density at radius 3 is 2.71 bits per heavy atom. The molecule has 0 radical (unpaired) electrons. The fraction of sp³-hybridized carbons (Fsp3) is 0.471. The normalized spacial score (nSPS) is 15.4. The van der Waals surface area contributed by atoms with E-state index in [0.717, 1.165) is 41.0 Å². The molecule has 1 saturated heterocycles. The second kappa shape index (κ2) is 7.17. The molecule has 1 fully saturated rings. The van der Waals surface area contributed by atoms with E-state index in [1.807, 2.05) is 32.0 Å². The minimum Gasteiger partial charge on any atom is -0.347 e. The van der Waals surface area contributed by atoms with E-state index in [-0.39, 0.29) is 6.03 Å². The van der Waals surface area contributed by atoms with Gasteiger partial charge in [-0.3, -0.25) is 5.32 Å². The van der Waals surface area contributed by atoms with Crippen molar-refractivity contribution >= 4 is 33.3 Å². The van der Waals surface area contributed by atoms with Crippen LogP contribution in [-0.2, 0) is 0 Å².